The Balaban J connectivity index is 1.55. The lowest BCUT2D eigenvalue weighted by Crippen LogP contribution is -2.54. The van der Waals surface area contributed by atoms with Gasteiger partial charge in [0.2, 0.25) is 0 Å². The van der Waals surface area contributed by atoms with E-state index in [1.807, 2.05) is 51.1 Å². The molecule has 0 bridgehead atoms. The molecule has 196 valence electrons. The van der Waals surface area contributed by atoms with Crippen molar-refractivity contribution in [3.63, 3.8) is 0 Å². The van der Waals surface area contributed by atoms with Gasteiger partial charge >= 0.3 is 6.03 Å². The average Bonchev–Trinajstić information content (AvgIpc) is 2.87. The van der Waals surface area contributed by atoms with E-state index < -0.39 is 17.8 Å². The summed E-state index contributed by atoms with van der Waals surface area (Å²) < 4.78 is 18.0. The van der Waals surface area contributed by atoms with Gasteiger partial charge in [0.25, 0.3) is 11.8 Å². The number of amides is 4. The highest BCUT2D eigenvalue weighted by molar-refractivity contribution is 9.10. The van der Waals surface area contributed by atoms with Crippen LogP contribution in [0.1, 0.15) is 23.6 Å². The summed E-state index contributed by atoms with van der Waals surface area (Å²) in [5.74, 6) is 0.161. The molecule has 0 radical (unpaired) electrons. The number of rotatable bonds is 9. The van der Waals surface area contributed by atoms with Crippen molar-refractivity contribution in [3.8, 4) is 17.2 Å². The normalized spacial score (nSPS) is 14.5. The standard InChI is InChI=1S/C29H27BrN2O6/c1-4-36-25-17-20(16-24(30)26(25)38-13-12-37-22-10-8-18(2)9-11-22)15-23-27(33)31-29(35)32(28(23)34)21-7-5-6-19(3)14-21/h5-11,14-17H,4,12-13H2,1-3H3,(H,31,33,35)/b23-15+. The van der Waals surface area contributed by atoms with Crippen molar-refractivity contribution in [1.29, 1.82) is 0 Å². The molecule has 0 saturated carbocycles. The summed E-state index contributed by atoms with van der Waals surface area (Å²) >= 11 is 3.51. The van der Waals surface area contributed by atoms with Crippen molar-refractivity contribution in [2.45, 2.75) is 20.8 Å². The molecule has 0 unspecified atom stereocenters. The number of barbiturate groups is 1. The zero-order chi connectivity index (χ0) is 27.2. The number of urea groups is 1. The molecule has 1 N–H and O–H groups in total. The lowest BCUT2D eigenvalue weighted by atomic mass is 10.1. The molecule has 1 aliphatic heterocycles. The molecule has 0 aliphatic carbocycles. The first-order chi connectivity index (χ1) is 18.3. The monoisotopic (exact) mass is 578 g/mol. The number of hydrogen-bond acceptors (Lipinski definition) is 6. The van der Waals surface area contributed by atoms with Crippen LogP contribution in [0, 0.1) is 13.8 Å². The van der Waals surface area contributed by atoms with Gasteiger partial charge in [-0.15, -0.1) is 0 Å². The quantitative estimate of drug-likeness (QED) is 0.202. The predicted molar refractivity (Wildman–Crippen MR) is 148 cm³/mol. The van der Waals surface area contributed by atoms with E-state index in [0.717, 1.165) is 21.8 Å². The van der Waals surface area contributed by atoms with Crippen LogP contribution in [0.5, 0.6) is 17.2 Å². The predicted octanol–water partition coefficient (Wildman–Crippen LogP) is 5.59. The fourth-order valence-corrected chi connectivity index (χ4v) is 4.41. The van der Waals surface area contributed by atoms with Gasteiger partial charge in [0.1, 0.15) is 24.5 Å². The van der Waals surface area contributed by atoms with Crippen LogP contribution in [0.15, 0.2) is 70.7 Å². The summed E-state index contributed by atoms with van der Waals surface area (Å²) in [5, 5.41) is 2.24. The maximum absolute atomic E-state index is 13.2. The van der Waals surface area contributed by atoms with Gasteiger partial charge in [0.15, 0.2) is 11.5 Å². The van der Waals surface area contributed by atoms with Crippen molar-refractivity contribution in [3.05, 3.63) is 87.4 Å². The van der Waals surface area contributed by atoms with Crippen molar-refractivity contribution in [2.75, 3.05) is 24.7 Å². The Bertz CT molecular complexity index is 1400. The summed E-state index contributed by atoms with van der Waals surface area (Å²) in [7, 11) is 0. The number of imide groups is 2. The number of carbonyl (C=O) groups excluding carboxylic acids is 3. The van der Waals surface area contributed by atoms with Crippen molar-refractivity contribution < 1.29 is 28.6 Å². The second-order valence-electron chi connectivity index (χ2n) is 8.57. The lowest BCUT2D eigenvalue weighted by Gasteiger charge is -2.26. The Morgan fingerprint density at radius 3 is 2.34 bits per heavy atom. The summed E-state index contributed by atoms with van der Waals surface area (Å²) in [5.41, 5.74) is 2.73. The molecule has 9 heteroatoms. The maximum Gasteiger partial charge on any atom is 0.335 e. The van der Waals surface area contributed by atoms with E-state index in [-0.39, 0.29) is 12.2 Å². The molecule has 1 aliphatic rings. The Morgan fingerprint density at radius 2 is 1.63 bits per heavy atom. The summed E-state index contributed by atoms with van der Waals surface area (Å²) in [6, 6.07) is 17.2. The number of nitrogens with zero attached hydrogens (tertiary/aromatic N) is 1. The number of benzene rings is 3. The Morgan fingerprint density at radius 1 is 0.895 bits per heavy atom. The van der Waals surface area contributed by atoms with E-state index >= 15 is 0 Å². The highest BCUT2D eigenvalue weighted by Gasteiger charge is 2.37. The van der Waals surface area contributed by atoms with Crippen molar-refractivity contribution >= 4 is 45.5 Å². The van der Waals surface area contributed by atoms with Crippen molar-refractivity contribution in [1.82, 2.24) is 5.32 Å². The first-order valence-electron chi connectivity index (χ1n) is 12.0. The molecule has 1 heterocycles. The average molecular weight is 579 g/mol. The Kier molecular flexibility index (Phi) is 8.48. The van der Waals surface area contributed by atoms with Gasteiger partial charge in [-0.3, -0.25) is 14.9 Å². The van der Waals surface area contributed by atoms with Crippen LogP contribution in [-0.4, -0.2) is 37.7 Å². The minimum atomic E-state index is -0.796. The molecule has 8 nitrogen and oxygen atoms in total. The Labute approximate surface area is 229 Å². The van der Waals surface area contributed by atoms with E-state index in [0.29, 0.717) is 40.4 Å². The van der Waals surface area contributed by atoms with Gasteiger partial charge in [-0.25, -0.2) is 9.69 Å². The van der Waals surface area contributed by atoms with Crippen LogP contribution in [0.2, 0.25) is 0 Å². The van der Waals surface area contributed by atoms with Crippen LogP contribution in [0.4, 0.5) is 10.5 Å². The van der Waals surface area contributed by atoms with Gasteiger partial charge in [0.05, 0.1) is 16.8 Å². The third-order valence-corrected chi connectivity index (χ3v) is 6.21. The van der Waals surface area contributed by atoms with Crippen LogP contribution in [-0.2, 0) is 9.59 Å². The SMILES string of the molecule is CCOc1cc(/C=C2\C(=O)NC(=O)N(c3cccc(C)c3)C2=O)cc(Br)c1OCCOc1ccc(C)cc1. The molecule has 38 heavy (non-hydrogen) atoms. The number of anilines is 1. The molecule has 4 rings (SSSR count). The fraction of sp³-hybridized carbons (Fsp3) is 0.207. The van der Waals surface area contributed by atoms with Crippen LogP contribution >= 0.6 is 15.9 Å². The lowest BCUT2D eigenvalue weighted by molar-refractivity contribution is -0.122. The van der Waals surface area contributed by atoms with Gasteiger partial charge in [0, 0.05) is 0 Å². The van der Waals surface area contributed by atoms with E-state index in [4.69, 9.17) is 14.2 Å². The smallest absolute Gasteiger partial charge is 0.335 e. The number of halogens is 1. The number of nitrogens with one attached hydrogen (secondary N) is 1. The minimum absolute atomic E-state index is 0.180. The third-order valence-electron chi connectivity index (χ3n) is 5.62. The first kappa shape index (κ1) is 26.9. The van der Waals surface area contributed by atoms with E-state index in [1.54, 1.807) is 30.3 Å². The second-order valence-corrected chi connectivity index (χ2v) is 9.42. The molecule has 4 amide bonds. The second kappa shape index (κ2) is 12.0. The van der Waals surface area contributed by atoms with Gasteiger partial charge in [-0.1, -0.05) is 29.8 Å². The summed E-state index contributed by atoms with van der Waals surface area (Å²) in [6.07, 6.45) is 1.42. The van der Waals surface area contributed by atoms with Crippen LogP contribution in [0.25, 0.3) is 6.08 Å². The zero-order valence-electron chi connectivity index (χ0n) is 21.2. The van der Waals surface area contributed by atoms with E-state index in [2.05, 4.69) is 21.2 Å². The number of ether oxygens (including phenoxy) is 3. The molecule has 3 aromatic rings. The highest BCUT2D eigenvalue weighted by Crippen LogP contribution is 2.38. The fourth-order valence-electron chi connectivity index (χ4n) is 3.84. The highest BCUT2D eigenvalue weighted by atomic mass is 79.9. The molecule has 0 aromatic heterocycles. The topological polar surface area (TPSA) is 94.2 Å². The third kappa shape index (κ3) is 6.23. The molecule has 0 atom stereocenters. The molecular formula is C29H27BrN2O6. The Hall–Kier alpha value is -4.11. The van der Waals surface area contributed by atoms with Gasteiger partial charge in [-0.2, -0.15) is 0 Å². The first-order valence-corrected chi connectivity index (χ1v) is 12.8. The van der Waals surface area contributed by atoms with Crippen LogP contribution in [0.3, 0.4) is 0 Å². The summed E-state index contributed by atoms with van der Waals surface area (Å²) in [6.45, 7) is 6.66. The van der Waals surface area contributed by atoms with Gasteiger partial charge in [-0.05, 0) is 90.3 Å². The number of hydrogen-bond donors (Lipinski definition) is 1. The molecular weight excluding hydrogens is 552 g/mol. The number of aryl methyl sites for hydroxylation is 2. The molecule has 1 fully saturated rings. The minimum Gasteiger partial charge on any atom is -0.490 e. The van der Waals surface area contributed by atoms with Crippen LogP contribution < -0.4 is 24.4 Å². The zero-order valence-corrected chi connectivity index (χ0v) is 22.8. The number of carbonyl (C=O) groups is 3. The summed E-state index contributed by atoms with van der Waals surface area (Å²) in [4.78, 5) is 39.3. The van der Waals surface area contributed by atoms with E-state index in [9.17, 15) is 14.4 Å². The maximum atomic E-state index is 13.2. The van der Waals surface area contributed by atoms with E-state index in [1.165, 1.54) is 6.08 Å². The largest absolute Gasteiger partial charge is 0.490 e. The van der Waals surface area contributed by atoms with Crippen molar-refractivity contribution in [2.24, 2.45) is 0 Å². The van der Waals surface area contributed by atoms with Gasteiger partial charge < -0.3 is 14.2 Å². The molecule has 1 saturated heterocycles. The molecule has 3 aromatic carbocycles. The molecule has 0 spiro atoms.